The molecule has 0 spiro atoms. The van der Waals surface area contributed by atoms with Crippen LogP contribution in [0.25, 0.3) is 0 Å². The highest BCUT2D eigenvalue weighted by Crippen LogP contribution is 2.18. The molecule has 2 rings (SSSR count). The molecule has 98 valence electrons. The van der Waals surface area contributed by atoms with E-state index in [0.717, 1.165) is 5.56 Å². The molecule has 0 fully saturated rings. The Morgan fingerprint density at radius 1 is 1.32 bits per heavy atom. The van der Waals surface area contributed by atoms with Crippen molar-refractivity contribution in [3.8, 4) is 11.6 Å². The van der Waals surface area contributed by atoms with Crippen molar-refractivity contribution in [1.82, 2.24) is 4.98 Å². The third kappa shape index (κ3) is 3.22. The molecule has 0 aliphatic rings. The molecule has 1 aromatic heterocycles. The maximum absolute atomic E-state index is 10.8. The van der Waals surface area contributed by atoms with Crippen LogP contribution in [0.3, 0.4) is 0 Å². The highest BCUT2D eigenvalue weighted by atomic mass is 16.5. The molecule has 5 nitrogen and oxygen atoms in total. The van der Waals surface area contributed by atoms with Gasteiger partial charge in [0.1, 0.15) is 12.4 Å². The van der Waals surface area contributed by atoms with Gasteiger partial charge in [0, 0.05) is 6.20 Å². The van der Waals surface area contributed by atoms with E-state index in [1.54, 1.807) is 24.4 Å². The van der Waals surface area contributed by atoms with E-state index >= 15 is 0 Å². The van der Waals surface area contributed by atoms with Crippen molar-refractivity contribution in [3.63, 3.8) is 0 Å². The summed E-state index contributed by atoms with van der Waals surface area (Å²) in [5.74, 6) is 0.00658. The smallest absolute Gasteiger partial charge is 0.335 e. The van der Waals surface area contributed by atoms with Crippen molar-refractivity contribution in [1.29, 1.82) is 0 Å². The third-order valence-electron chi connectivity index (χ3n) is 2.52. The molecule has 0 aliphatic heterocycles. The number of pyridine rings is 1. The average molecular weight is 259 g/mol. The first-order chi connectivity index (χ1) is 9.20. The highest BCUT2D eigenvalue weighted by molar-refractivity contribution is 5.87. The lowest BCUT2D eigenvalue weighted by molar-refractivity contribution is 0.0696. The molecule has 0 bridgehead atoms. The van der Waals surface area contributed by atoms with Crippen LogP contribution in [0.2, 0.25) is 0 Å². The van der Waals surface area contributed by atoms with Gasteiger partial charge >= 0.3 is 5.97 Å². The monoisotopic (exact) mass is 259 g/mol. The Labute approximate surface area is 110 Å². The second kappa shape index (κ2) is 5.86. The lowest BCUT2D eigenvalue weighted by atomic mass is 10.2. The summed E-state index contributed by atoms with van der Waals surface area (Å²) < 4.78 is 10.7. The van der Waals surface area contributed by atoms with Crippen LogP contribution in [0.1, 0.15) is 15.9 Å². The normalized spacial score (nSPS) is 9.95. The standard InChI is InChI=1S/C14H13NO4/c1-18-13-11(5-3-7-15-13)9-19-12-6-2-4-10(8-12)14(16)17/h2-8H,9H2,1H3,(H,16,17). The molecular weight excluding hydrogens is 246 g/mol. The molecule has 0 saturated heterocycles. The van der Waals surface area contributed by atoms with Crippen molar-refractivity contribution in [3.05, 3.63) is 53.7 Å². The topological polar surface area (TPSA) is 68.7 Å². The number of aromatic nitrogens is 1. The second-order valence-corrected chi connectivity index (χ2v) is 3.79. The Bertz CT molecular complexity index is 583. The first kappa shape index (κ1) is 12.9. The van der Waals surface area contributed by atoms with Crippen LogP contribution in [0, 0.1) is 0 Å². The molecule has 0 saturated carbocycles. The Kier molecular flexibility index (Phi) is 3.97. The van der Waals surface area contributed by atoms with Crippen molar-refractivity contribution in [2.45, 2.75) is 6.61 Å². The van der Waals surface area contributed by atoms with Gasteiger partial charge in [-0.3, -0.25) is 0 Å². The highest BCUT2D eigenvalue weighted by Gasteiger charge is 2.06. The van der Waals surface area contributed by atoms with Crippen molar-refractivity contribution in [2.75, 3.05) is 7.11 Å². The zero-order valence-corrected chi connectivity index (χ0v) is 10.4. The van der Waals surface area contributed by atoms with Crippen LogP contribution in [0.5, 0.6) is 11.6 Å². The van der Waals surface area contributed by atoms with Gasteiger partial charge in [0.15, 0.2) is 0 Å². The number of methoxy groups -OCH3 is 1. The number of rotatable bonds is 5. The number of hydrogen-bond donors (Lipinski definition) is 1. The lowest BCUT2D eigenvalue weighted by Gasteiger charge is -2.09. The third-order valence-corrected chi connectivity index (χ3v) is 2.52. The summed E-state index contributed by atoms with van der Waals surface area (Å²) in [4.78, 5) is 14.9. The summed E-state index contributed by atoms with van der Waals surface area (Å²) in [5, 5.41) is 8.89. The fourth-order valence-corrected chi connectivity index (χ4v) is 1.60. The van der Waals surface area contributed by atoms with Gasteiger partial charge < -0.3 is 14.6 Å². The predicted molar refractivity (Wildman–Crippen MR) is 68.5 cm³/mol. The summed E-state index contributed by atoms with van der Waals surface area (Å²) in [6, 6.07) is 9.96. The summed E-state index contributed by atoms with van der Waals surface area (Å²) in [6.07, 6.45) is 1.63. The van der Waals surface area contributed by atoms with Gasteiger partial charge in [-0.25, -0.2) is 9.78 Å². The molecule has 0 atom stereocenters. The van der Waals surface area contributed by atoms with Gasteiger partial charge in [0.25, 0.3) is 0 Å². The number of carboxylic acid groups (broad SMARTS) is 1. The molecule has 0 aliphatic carbocycles. The van der Waals surface area contributed by atoms with Crippen LogP contribution in [-0.4, -0.2) is 23.2 Å². The zero-order chi connectivity index (χ0) is 13.7. The average Bonchev–Trinajstić information content (AvgIpc) is 2.45. The van der Waals surface area contributed by atoms with Gasteiger partial charge in [-0.1, -0.05) is 6.07 Å². The van der Waals surface area contributed by atoms with Gasteiger partial charge in [0.2, 0.25) is 5.88 Å². The minimum atomic E-state index is -0.982. The minimum absolute atomic E-state index is 0.190. The van der Waals surface area contributed by atoms with Gasteiger partial charge in [-0.15, -0.1) is 0 Å². The van der Waals surface area contributed by atoms with Gasteiger partial charge in [-0.2, -0.15) is 0 Å². The number of hydrogen-bond acceptors (Lipinski definition) is 4. The Hall–Kier alpha value is -2.56. The number of aromatic carboxylic acids is 1. The largest absolute Gasteiger partial charge is 0.489 e. The second-order valence-electron chi connectivity index (χ2n) is 3.79. The molecule has 0 radical (unpaired) electrons. The minimum Gasteiger partial charge on any atom is -0.489 e. The van der Waals surface area contributed by atoms with Crippen molar-refractivity contribution in [2.24, 2.45) is 0 Å². The van der Waals surface area contributed by atoms with E-state index in [2.05, 4.69) is 4.98 Å². The number of carboxylic acids is 1. The van der Waals surface area contributed by atoms with Gasteiger partial charge in [0.05, 0.1) is 18.2 Å². The SMILES string of the molecule is COc1ncccc1COc1cccc(C(=O)O)c1. The van der Waals surface area contributed by atoms with Crippen LogP contribution < -0.4 is 9.47 Å². The predicted octanol–water partition coefficient (Wildman–Crippen LogP) is 2.37. The number of nitrogens with zero attached hydrogens (tertiary/aromatic N) is 1. The molecule has 0 unspecified atom stereocenters. The fraction of sp³-hybridized carbons (Fsp3) is 0.143. The molecule has 2 aromatic rings. The zero-order valence-electron chi connectivity index (χ0n) is 10.4. The molecule has 1 heterocycles. The summed E-state index contributed by atoms with van der Waals surface area (Å²) in [5.41, 5.74) is 0.987. The molecule has 1 N–H and O–H groups in total. The van der Waals surface area contributed by atoms with E-state index in [9.17, 15) is 4.79 Å². The van der Waals surface area contributed by atoms with E-state index in [1.807, 2.05) is 6.07 Å². The van der Waals surface area contributed by atoms with E-state index in [4.69, 9.17) is 14.6 Å². The van der Waals surface area contributed by atoms with Crippen LogP contribution in [0.4, 0.5) is 0 Å². The summed E-state index contributed by atoms with van der Waals surface area (Å²) in [7, 11) is 1.54. The lowest BCUT2D eigenvalue weighted by Crippen LogP contribution is -2.01. The first-order valence-corrected chi connectivity index (χ1v) is 5.64. The van der Waals surface area contributed by atoms with Gasteiger partial charge in [-0.05, 0) is 30.3 Å². The fourth-order valence-electron chi connectivity index (χ4n) is 1.60. The molecule has 1 aromatic carbocycles. The Balaban J connectivity index is 2.10. The summed E-state index contributed by atoms with van der Waals surface area (Å²) >= 11 is 0. The van der Waals surface area contributed by atoms with E-state index in [0.29, 0.717) is 11.6 Å². The number of carbonyl (C=O) groups is 1. The molecular formula is C14H13NO4. The summed E-state index contributed by atoms with van der Waals surface area (Å²) in [6.45, 7) is 0.264. The molecule has 0 amide bonds. The van der Waals surface area contributed by atoms with Crippen molar-refractivity contribution < 1.29 is 19.4 Å². The van der Waals surface area contributed by atoms with Crippen LogP contribution in [0.15, 0.2) is 42.6 Å². The maximum Gasteiger partial charge on any atom is 0.335 e. The Morgan fingerprint density at radius 3 is 2.89 bits per heavy atom. The van der Waals surface area contributed by atoms with Crippen LogP contribution >= 0.6 is 0 Å². The molecule has 19 heavy (non-hydrogen) atoms. The number of ether oxygens (including phenoxy) is 2. The Morgan fingerprint density at radius 2 is 2.16 bits per heavy atom. The molecule has 5 heteroatoms. The van der Waals surface area contributed by atoms with Crippen molar-refractivity contribution >= 4 is 5.97 Å². The maximum atomic E-state index is 10.8. The first-order valence-electron chi connectivity index (χ1n) is 5.64. The van der Waals surface area contributed by atoms with Crippen LogP contribution in [-0.2, 0) is 6.61 Å². The number of benzene rings is 1. The van der Waals surface area contributed by atoms with E-state index < -0.39 is 5.97 Å². The van der Waals surface area contributed by atoms with E-state index in [1.165, 1.54) is 19.2 Å². The quantitative estimate of drug-likeness (QED) is 0.892. The van der Waals surface area contributed by atoms with E-state index in [-0.39, 0.29) is 12.2 Å².